The van der Waals surface area contributed by atoms with Crippen LogP contribution < -0.4 is 19.5 Å². The normalized spacial score (nSPS) is 13.2. The number of nitrogens with one attached hydrogen (secondary N) is 2. The molecule has 0 aromatic heterocycles. The zero-order valence-corrected chi connectivity index (χ0v) is 21.5. The number of benzene rings is 2. The number of sulfonamides is 1. The molecule has 0 radical (unpaired) electrons. The second-order valence-electron chi connectivity index (χ2n) is 7.57. The van der Waals surface area contributed by atoms with Crippen LogP contribution in [0.5, 0.6) is 11.5 Å². The summed E-state index contributed by atoms with van der Waals surface area (Å²) in [6.07, 6.45) is 2.29. The summed E-state index contributed by atoms with van der Waals surface area (Å²) in [6, 6.07) is 10.8. The van der Waals surface area contributed by atoms with Crippen LogP contribution in [0.3, 0.4) is 0 Å². The molecule has 0 heterocycles. The molecule has 2 unspecified atom stereocenters. The predicted octanol–water partition coefficient (Wildman–Crippen LogP) is 4.07. The van der Waals surface area contributed by atoms with E-state index in [9.17, 15) is 13.2 Å². The van der Waals surface area contributed by atoms with Crippen molar-refractivity contribution in [2.45, 2.75) is 51.1 Å². The van der Waals surface area contributed by atoms with Crippen LogP contribution in [-0.4, -0.2) is 45.6 Å². The molecule has 33 heavy (non-hydrogen) atoms. The van der Waals surface area contributed by atoms with Crippen molar-refractivity contribution in [1.82, 2.24) is 10.0 Å². The Bertz CT molecular complexity index is 1010. The van der Waals surface area contributed by atoms with Gasteiger partial charge in [0.1, 0.15) is 6.04 Å². The SMILES string of the molecule is CCOc1ccc(C(C)NC(=O)C(CCSC)NS(=O)(=O)c2ccc(C)cc2)cc1OCC. The van der Waals surface area contributed by atoms with Gasteiger partial charge >= 0.3 is 0 Å². The Balaban J connectivity index is 2.18. The lowest BCUT2D eigenvalue weighted by atomic mass is 10.1. The highest BCUT2D eigenvalue weighted by Crippen LogP contribution is 2.30. The first-order valence-corrected chi connectivity index (χ1v) is 13.9. The van der Waals surface area contributed by atoms with Crippen molar-refractivity contribution in [3.8, 4) is 11.5 Å². The van der Waals surface area contributed by atoms with Crippen molar-refractivity contribution in [2.24, 2.45) is 0 Å². The minimum Gasteiger partial charge on any atom is -0.490 e. The Hall–Kier alpha value is -2.23. The zero-order valence-electron chi connectivity index (χ0n) is 19.9. The first-order valence-electron chi connectivity index (χ1n) is 11.0. The molecule has 0 saturated carbocycles. The lowest BCUT2D eigenvalue weighted by Crippen LogP contribution is -2.47. The highest BCUT2D eigenvalue weighted by molar-refractivity contribution is 7.98. The topological polar surface area (TPSA) is 93.7 Å². The van der Waals surface area contributed by atoms with Gasteiger partial charge in [-0.1, -0.05) is 23.8 Å². The molecular formula is C24H34N2O5S2. The summed E-state index contributed by atoms with van der Waals surface area (Å²) in [5, 5.41) is 2.94. The highest BCUT2D eigenvalue weighted by Gasteiger charge is 2.26. The summed E-state index contributed by atoms with van der Waals surface area (Å²) >= 11 is 1.55. The fourth-order valence-electron chi connectivity index (χ4n) is 3.19. The van der Waals surface area contributed by atoms with Crippen LogP contribution in [0.25, 0.3) is 0 Å². The Morgan fingerprint density at radius 1 is 1.03 bits per heavy atom. The molecule has 7 nitrogen and oxygen atoms in total. The summed E-state index contributed by atoms with van der Waals surface area (Å²) in [5.74, 6) is 1.52. The van der Waals surface area contributed by atoms with Gasteiger partial charge in [-0.3, -0.25) is 4.79 Å². The Kier molecular flexibility index (Phi) is 10.5. The maximum Gasteiger partial charge on any atom is 0.241 e. The Morgan fingerprint density at radius 3 is 2.27 bits per heavy atom. The molecule has 182 valence electrons. The van der Waals surface area contributed by atoms with Gasteiger partial charge in [0.2, 0.25) is 15.9 Å². The molecular weight excluding hydrogens is 460 g/mol. The third-order valence-corrected chi connectivity index (χ3v) is 7.11. The van der Waals surface area contributed by atoms with Crippen molar-refractivity contribution in [3.63, 3.8) is 0 Å². The monoisotopic (exact) mass is 494 g/mol. The van der Waals surface area contributed by atoms with Gasteiger partial charge in [-0.15, -0.1) is 0 Å². The summed E-state index contributed by atoms with van der Waals surface area (Å²) < 4.78 is 39.6. The zero-order chi connectivity index (χ0) is 24.4. The van der Waals surface area contributed by atoms with E-state index in [0.717, 1.165) is 11.1 Å². The van der Waals surface area contributed by atoms with Gasteiger partial charge in [0.05, 0.1) is 24.2 Å². The van der Waals surface area contributed by atoms with E-state index < -0.39 is 16.1 Å². The number of amides is 1. The molecule has 0 saturated heterocycles. The molecule has 2 rings (SSSR count). The summed E-state index contributed by atoms with van der Waals surface area (Å²) in [4.78, 5) is 13.2. The van der Waals surface area contributed by atoms with Crippen LogP contribution >= 0.6 is 11.8 Å². The average Bonchev–Trinajstić information content (AvgIpc) is 2.78. The maximum atomic E-state index is 13.1. The molecule has 2 aromatic rings. The van der Waals surface area contributed by atoms with Crippen LogP contribution in [0.2, 0.25) is 0 Å². The molecule has 2 aromatic carbocycles. The van der Waals surface area contributed by atoms with Crippen molar-refractivity contribution >= 4 is 27.7 Å². The summed E-state index contributed by atoms with van der Waals surface area (Å²) in [7, 11) is -3.83. The van der Waals surface area contributed by atoms with Gasteiger partial charge in [-0.25, -0.2) is 8.42 Å². The first kappa shape index (κ1) is 27.0. The van der Waals surface area contributed by atoms with E-state index in [1.54, 1.807) is 36.0 Å². The van der Waals surface area contributed by atoms with Gasteiger partial charge < -0.3 is 14.8 Å². The number of carbonyl (C=O) groups excluding carboxylic acids is 1. The minimum absolute atomic E-state index is 0.135. The number of carbonyl (C=O) groups is 1. The van der Waals surface area contributed by atoms with Crippen LogP contribution in [0.4, 0.5) is 0 Å². The van der Waals surface area contributed by atoms with Crippen LogP contribution in [0.1, 0.15) is 44.4 Å². The van der Waals surface area contributed by atoms with Crippen molar-refractivity contribution in [3.05, 3.63) is 53.6 Å². The second kappa shape index (κ2) is 12.9. The fraction of sp³-hybridized carbons (Fsp3) is 0.458. The lowest BCUT2D eigenvalue weighted by Gasteiger charge is -2.22. The quantitative estimate of drug-likeness (QED) is 0.436. The number of rotatable bonds is 13. The third-order valence-electron chi connectivity index (χ3n) is 4.98. The summed E-state index contributed by atoms with van der Waals surface area (Å²) in [5.41, 5.74) is 1.79. The van der Waals surface area contributed by atoms with Crippen molar-refractivity contribution in [1.29, 1.82) is 0 Å². The van der Waals surface area contributed by atoms with E-state index in [-0.39, 0.29) is 16.8 Å². The minimum atomic E-state index is -3.83. The summed E-state index contributed by atoms with van der Waals surface area (Å²) in [6.45, 7) is 8.54. The number of hydrogen-bond donors (Lipinski definition) is 2. The van der Waals surface area contributed by atoms with E-state index in [1.165, 1.54) is 0 Å². The molecule has 0 fully saturated rings. The van der Waals surface area contributed by atoms with E-state index in [4.69, 9.17) is 9.47 Å². The number of hydrogen-bond acceptors (Lipinski definition) is 6. The van der Waals surface area contributed by atoms with Crippen molar-refractivity contribution in [2.75, 3.05) is 25.2 Å². The van der Waals surface area contributed by atoms with E-state index in [2.05, 4.69) is 10.0 Å². The molecule has 0 aliphatic carbocycles. The van der Waals surface area contributed by atoms with Gasteiger partial charge in [0.25, 0.3) is 0 Å². The van der Waals surface area contributed by atoms with E-state index in [0.29, 0.717) is 36.9 Å². The van der Waals surface area contributed by atoms with E-state index in [1.807, 2.05) is 52.1 Å². The van der Waals surface area contributed by atoms with Crippen LogP contribution in [0, 0.1) is 6.92 Å². The molecule has 0 aliphatic rings. The Labute approximate surface area is 201 Å². The number of thioether (sulfide) groups is 1. The molecule has 2 atom stereocenters. The number of ether oxygens (including phenoxy) is 2. The molecule has 1 amide bonds. The fourth-order valence-corrected chi connectivity index (χ4v) is 4.89. The molecule has 9 heteroatoms. The average molecular weight is 495 g/mol. The third kappa shape index (κ3) is 7.94. The molecule has 0 aliphatic heterocycles. The smallest absolute Gasteiger partial charge is 0.241 e. The molecule has 0 bridgehead atoms. The highest BCUT2D eigenvalue weighted by atomic mass is 32.2. The van der Waals surface area contributed by atoms with Gasteiger partial charge in [0, 0.05) is 0 Å². The van der Waals surface area contributed by atoms with Gasteiger partial charge in [-0.05, 0) is 76.0 Å². The number of aryl methyl sites for hydroxylation is 1. The Morgan fingerprint density at radius 2 is 1.67 bits per heavy atom. The van der Waals surface area contributed by atoms with Gasteiger partial charge in [0.15, 0.2) is 11.5 Å². The van der Waals surface area contributed by atoms with Crippen LogP contribution in [-0.2, 0) is 14.8 Å². The second-order valence-corrected chi connectivity index (χ2v) is 10.3. The first-order chi connectivity index (χ1) is 15.7. The van der Waals surface area contributed by atoms with Crippen LogP contribution in [0.15, 0.2) is 47.4 Å². The standard InChI is InChI=1S/C24H34N2O5S2/c1-6-30-22-13-10-19(16-23(22)31-7-2)18(4)25-24(27)21(14-15-32-5)26-33(28,29)20-11-8-17(3)9-12-20/h8-13,16,18,21,26H,6-7,14-15H2,1-5H3,(H,25,27). The largest absolute Gasteiger partial charge is 0.490 e. The van der Waals surface area contributed by atoms with Gasteiger partial charge in [-0.2, -0.15) is 16.5 Å². The maximum absolute atomic E-state index is 13.1. The predicted molar refractivity (Wildman–Crippen MR) is 134 cm³/mol. The van der Waals surface area contributed by atoms with Crippen molar-refractivity contribution < 1.29 is 22.7 Å². The van der Waals surface area contributed by atoms with E-state index >= 15 is 0 Å². The molecule has 0 spiro atoms. The molecule has 2 N–H and O–H groups in total. The lowest BCUT2D eigenvalue weighted by molar-refractivity contribution is -0.123.